The van der Waals surface area contributed by atoms with Crippen molar-refractivity contribution in [2.45, 2.75) is 37.4 Å². The summed E-state index contributed by atoms with van der Waals surface area (Å²) in [5.74, 6) is -0.139. The van der Waals surface area contributed by atoms with E-state index >= 15 is 0 Å². The highest BCUT2D eigenvalue weighted by Crippen LogP contribution is 2.36. The van der Waals surface area contributed by atoms with Gasteiger partial charge >= 0.3 is 0 Å². The van der Waals surface area contributed by atoms with Crippen molar-refractivity contribution in [2.75, 3.05) is 26.8 Å². The summed E-state index contributed by atoms with van der Waals surface area (Å²) in [6.07, 6.45) is 3.66. The lowest BCUT2D eigenvalue weighted by Crippen LogP contribution is -2.56. The van der Waals surface area contributed by atoms with Gasteiger partial charge in [0.2, 0.25) is 0 Å². The topological polar surface area (TPSA) is 73.7 Å². The van der Waals surface area contributed by atoms with E-state index < -0.39 is 0 Å². The Bertz CT molecular complexity index is 634. The van der Waals surface area contributed by atoms with Crippen LogP contribution < -0.4 is 5.56 Å². The number of methoxy groups -OCH3 is 1. The van der Waals surface area contributed by atoms with Crippen molar-refractivity contribution in [1.29, 1.82) is 0 Å². The molecule has 3 heterocycles. The van der Waals surface area contributed by atoms with Crippen molar-refractivity contribution in [1.82, 2.24) is 14.7 Å². The van der Waals surface area contributed by atoms with Crippen molar-refractivity contribution in [3.8, 4) is 0 Å². The smallest absolute Gasteiger partial charge is 0.274 e. The minimum Gasteiger partial charge on any atom is -0.378 e. The van der Waals surface area contributed by atoms with Crippen LogP contribution in [0.4, 0.5) is 0 Å². The summed E-state index contributed by atoms with van der Waals surface area (Å²) in [4.78, 5) is 25.7. The third-order valence-electron chi connectivity index (χ3n) is 4.95. The highest BCUT2D eigenvalue weighted by atomic mass is 16.5. The van der Waals surface area contributed by atoms with Crippen LogP contribution in [0, 0.1) is 0 Å². The molecule has 2 aliphatic rings. The number of hydrogen-bond acceptors (Lipinski definition) is 5. The zero-order valence-electron chi connectivity index (χ0n) is 13.7. The normalized spacial score (nSPS) is 23.9. The van der Waals surface area contributed by atoms with Crippen LogP contribution in [0.1, 0.15) is 36.2 Å². The van der Waals surface area contributed by atoms with E-state index in [-0.39, 0.29) is 23.2 Å². The molecule has 0 N–H and O–H groups in total. The molecule has 0 unspecified atom stereocenters. The van der Waals surface area contributed by atoms with E-state index in [0.29, 0.717) is 18.8 Å². The first-order chi connectivity index (χ1) is 11.1. The molecule has 1 aromatic heterocycles. The molecule has 126 valence electrons. The first-order valence-corrected chi connectivity index (χ1v) is 8.06. The maximum Gasteiger partial charge on any atom is 0.274 e. The summed E-state index contributed by atoms with van der Waals surface area (Å²) in [7, 11) is 3.27. The lowest BCUT2D eigenvalue weighted by molar-refractivity contribution is -0.183. The predicted octanol–water partition coefficient (Wildman–Crippen LogP) is 0.581. The van der Waals surface area contributed by atoms with E-state index in [2.05, 4.69) is 5.10 Å². The quantitative estimate of drug-likeness (QED) is 0.797. The number of carbonyl (C=O) groups excluding carboxylic acids is 1. The van der Waals surface area contributed by atoms with Crippen LogP contribution >= 0.6 is 0 Å². The molecule has 2 aliphatic heterocycles. The Morgan fingerprint density at radius 1 is 1.39 bits per heavy atom. The number of nitrogens with zero attached hydrogens (tertiary/aromatic N) is 3. The fourth-order valence-corrected chi connectivity index (χ4v) is 3.57. The number of rotatable bonds is 2. The number of carbonyl (C=O) groups is 1. The Kier molecular flexibility index (Phi) is 4.50. The van der Waals surface area contributed by atoms with Crippen molar-refractivity contribution < 1.29 is 14.3 Å². The molecule has 2 fully saturated rings. The zero-order chi connectivity index (χ0) is 16.4. The van der Waals surface area contributed by atoms with E-state index in [1.807, 2.05) is 0 Å². The Morgan fingerprint density at radius 3 is 2.78 bits per heavy atom. The lowest BCUT2D eigenvalue weighted by Gasteiger charge is -2.47. The molecule has 1 amide bonds. The third-order valence-corrected chi connectivity index (χ3v) is 4.95. The van der Waals surface area contributed by atoms with E-state index in [1.54, 1.807) is 19.1 Å². The van der Waals surface area contributed by atoms with Crippen LogP contribution in [0.3, 0.4) is 0 Å². The summed E-state index contributed by atoms with van der Waals surface area (Å²) >= 11 is 0. The molecule has 3 rings (SSSR count). The SMILES string of the molecule is CO[C@H]1CCCOC12CCN(C(=O)c1ccc(=O)n(C)n1)CC2. The average molecular weight is 321 g/mol. The second-order valence-electron chi connectivity index (χ2n) is 6.25. The van der Waals surface area contributed by atoms with Crippen molar-refractivity contribution in [2.24, 2.45) is 7.05 Å². The maximum absolute atomic E-state index is 12.6. The molecule has 1 spiro atoms. The largest absolute Gasteiger partial charge is 0.378 e. The Morgan fingerprint density at radius 2 is 2.13 bits per heavy atom. The number of aryl methyl sites for hydroxylation is 1. The Hall–Kier alpha value is -1.73. The number of hydrogen-bond donors (Lipinski definition) is 0. The summed E-state index contributed by atoms with van der Waals surface area (Å²) in [6.45, 7) is 1.99. The minimum absolute atomic E-state index is 0.101. The average Bonchev–Trinajstić information content (AvgIpc) is 2.58. The third kappa shape index (κ3) is 3.03. The lowest BCUT2D eigenvalue weighted by atomic mass is 9.82. The minimum atomic E-state index is -0.263. The molecule has 23 heavy (non-hydrogen) atoms. The number of likely N-dealkylation sites (tertiary alicyclic amines) is 1. The molecule has 2 saturated heterocycles. The molecule has 1 aromatic rings. The van der Waals surface area contributed by atoms with E-state index in [9.17, 15) is 9.59 Å². The molecule has 7 heteroatoms. The molecule has 0 bridgehead atoms. The van der Waals surface area contributed by atoms with Crippen molar-refractivity contribution >= 4 is 5.91 Å². The van der Waals surface area contributed by atoms with Crippen LogP contribution in [-0.2, 0) is 16.5 Å². The van der Waals surface area contributed by atoms with Crippen molar-refractivity contribution in [3.05, 3.63) is 28.2 Å². The Balaban J connectivity index is 1.69. The highest BCUT2D eigenvalue weighted by Gasteiger charge is 2.45. The van der Waals surface area contributed by atoms with Gasteiger partial charge in [0.1, 0.15) is 5.69 Å². The van der Waals surface area contributed by atoms with Crippen LogP contribution in [-0.4, -0.2) is 59.1 Å². The summed E-state index contributed by atoms with van der Waals surface area (Å²) in [5, 5.41) is 4.04. The number of ether oxygens (including phenoxy) is 2. The molecule has 0 aliphatic carbocycles. The Labute approximate surface area is 135 Å². The van der Waals surface area contributed by atoms with Gasteiger partial charge < -0.3 is 14.4 Å². The maximum atomic E-state index is 12.6. The highest BCUT2D eigenvalue weighted by molar-refractivity contribution is 5.92. The van der Waals surface area contributed by atoms with Gasteiger partial charge in [-0.25, -0.2) is 4.68 Å². The van der Waals surface area contributed by atoms with E-state index in [0.717, 1.165) is 32.3 Å². The van der Waals surface area contributed by atoms with E-state index in [4.69, 9.17) is 9.47 Å². The molecule has 0 radical (unpaired) electrons. The summed E-state index contributed by atoms with van der Waals surface area (Å²) < 4.78 is 12.9. The van der Waals surface area contributed by atoms with Gasteiger partial charge in [0.05, 0.1) is 11.7 Å². The van der Waals surface area contributed by atoms with Gasteiger partial charge in [-0.1, -0.05) is 0 Å². The van der Waals surface area contributed by atoms with Gasteiger partial charge in [-0.05, 0) is 31.7 Å². The van der Waals surface area contributed by atoms with Gasteiger partial charge in [0, 0.05) is 39.9 Å². The number of amides is 1. The number of piperidine rings is 1. The number of aromatic nitrogens is 2. The molecular weight excluding hydrogens is 298 g/mol. The van der Waals surface area contributed by atoms with Gasteiger partial charge in [0.15, 0.2) is 0 Å². The zero-order valence-corrected chi connectivity index (χ0v) is 13.7. The summed E-state index contributed by atoms with van der Waals surface area (Å²) in [6, 6.07) is 2.86. The predicted molar refractivity (Wildman–Crippen MR) is 83.3 cm³/mol. The molecule has 0 saturated carbocycles. The van der Waals surface area contributed by atoms with Crippen LogP contribution in [0.5, 0.6) is 0 Å². The summed E-state index contributed by atoms with van der Waals surface area (Å²) in [5.41, 5.74) is -0.186. The standard InChI is InChI=1S/C16H23N3O4/c1-18-14(20)6-5-12(17-18)15(21)19-9-7-16(8-10-19)13(22-2)4-3-11-23-16/h5-6,13H,3-4,7-11H2,1-2H3/t13-/m0/s1. The van der Waals surface area contributed by atoms with Gasteiger partial charge in [-0.2, -0.15) is 5.10 Å². The van der Waals surface area contributed by atoms with Gasteiger partial charge in [0.25, 0.3) is 11.5 Å². The first kappa shape index (κ1) is 16.1. The van der Waals surface area contributed by atoms with Crippen LogP contribution in [0.2, 0.25) is 0 Å². The fourth-order valence-electron chi connectivity index (χ4n) is 3.57. The van der Waals surface area contributed by atoms with Crippen molar-refractivity contribution in [3.63, 3.8) is 0 Å². The molecule has 7 nitrogen and oxygen atoms in total. The van der Waals surface area contributed by atoms with Crippen LogP contribution in [0.15, 0.2) is 16.9 Å². The molecule has 0 aromatic carbocycles. The first-order valence-electron chi connectivity index (χ1n) is 8.06. The van der Waals surface area contributed by atoms with Gasteiger partial charge in [-0.15, -0.1) is 0 Å². The molecule has 1 atom stereocenters. The second-order valence-corrected chi connectivity index (χ2v) is 6.25. The van der Waals surface area contributed by atoms with Crippen LogP contribution in [0.25, 0.3) is 0 Å². The molecular formula is C16H23N3O4. The monoisotopic (exact) mass is 321 g/mol. The van der Waals surface area contributed by atoms with E-state index in [1.165, 1.54) is 16.8 Å². The van der Waals surface area contributed by atoms with Gasteiger partial charge in [-0.3, -0.25) is 9.59 Å². The second kappa shape index (κ2) is 6.41. The fraction of sp³-hybridized carbons (Fsp3) is 0.688.